The summed E-state index contributed by atoms with van der Waals surface area (Å²) in [5, 5.41) is 0. The molecular formula is C22H25BrFNO2. The highest BCUT2D eigenvalue weighted by Gasteiger charge is 2.42. The maximum Gasteiger partial charge on any atom is 0.308 e. The fraction of sp³-hybridized carbons (Fsp3) is 0.318. The zero-order valence-electron chi connectivity index (χ0n) is 15.8. The predicted molar refractivity (Wildman–Crippen MR) is 112 cm³/mol. The molecule has 0 fully saturated rings. The SMILES string of the molecule is Br.CCC1C=CC=CC1(C1=CCN(C)C=C1)c1cc(F)ccc1OC(C)=O. The van der Waals surface area contributed by atoms with Crippen LogP contribution in [0.3, 0.4) is 0 Å². The van der Waals surface area contributed by atoms with Gasteiger partial charge in [0.05, 0.1) is 0 Å². The van der Waals surface area contributed by atoms with Crippen molar-refractivity contribution in [3.05, 3.63) is 77.8 Å². The van der Waals surface area contributed by atoms with Gasteiger partial charge in [0.25, 0.3) is 0 Å². The first-order valence-electron chi connectivity index (χ1n) is 8.91. The Hall–Kier alpha value is -2.14. The lowest BCUT2D eigenvalue weighted by Crippen LogP contribution is -2.37. The van der Waals surface area contributed by atoms with Crippen molar-refractivity contribution in [2.75, 3.05) is 13.6 Å². The molecule has 2 aliphatic rings. The first-order chi connectivity index (χ1) is 12.5. The van der Waals surface area contributed by atoms with Gasteiger partial charge in [-0.05, 0) is 48.4 Å². The summed E-state index contributed by atoms with van der Waals surface area (Å²) in [4.78, 5) is 13.7. The first kappa shape index (κ1) is 21.2. The highest BCUT2D eigenvalue weighted by atomic mass is 79.9. The van der Waals surface area contributed by atoms with Crippen LogP contribution in [0.2, 0.25) is 0 Å². The number of esters is 1. The van der Waals surface area contributed by atoms with E-state index in [-0.39, 0.29) is 28.7 Å². The lowest BCUT2D eigenvalue weighted by atomic mass is 9.62. The molecule has 1 aromatic carbocycles. The quantitative estimate of drug-likeness (QED) is 0.488. The van der Waals surface area contributed by atoms with Crippen molar-refractivity contribution in [2.24, 2.45) is 5.92 Å². The lowest BCUT2D eigenvalue weighted by molar-refractivity contribution is -0.131. The molecule has 1 aliphatic heterocycles. The Balaban J connectivity index is 0.00000261. The highest BCUT2D eigenvalue weighted by Crippen LogP contribution is 2.49. The van der Waals surface area contributed by atoms with Crippen LogP contribution in [0.4, 0.5) is 4.39 Å². The Morgan fingerprint density at radius 1 is 1.37 bits per heavy atom. The van der Waals surface area contributed by atoms with Crippen LogP contribution in [0.1, 0.15) is 25.8 Å². The number of benzene rings is 1. The molecule has 0 radical (unpaired) electrons. The van der Waals surface area contributed by atoms with Crippen LogP contribution >= 0.6 is 17.0 Å². The molecule has 2 unspecified atom stereocenters. The average molecular weight is 434 g/mol. The van der Waals surface area contributed by atoms with E-state index in [0.717, 1.165) is 18.5 Å². The molecule has 144 valence electrons. The Bertz CT molecular complexity index is 828. The van der Waals surface area contributed by atoms with Gasteiger partial charge in [-0.15, -0.1) is 17.0 Å². The molecule has 27 heavy (non-hydrogen) atoms. The Kier molecular flexibility index (Phi) is 6.82. The molecule has 1 aliphatic carbocycles. The standard InChI is InChI=1S/C22H24FNO2.BrH/c1-4-17-7-5-6-12-22(17,18-10-13-24(3)14-11-18)20-15-19(23)8-9-21(20)26-16(2)25;/h5-13,15,17H,4,14H2,1-3H3;1H. The average Bonchev–Trinajstić information content (AvgIpc) is 2.63. The maximum absolute atomic E-state index is 14.2. The predicted octanol–water partition coefficient (Wildman–Crippen LogP) is 5.10. The van der Waals surface area contributed by atoms with Crippen LogP contribution in [0, 0.1) is 11.7 Å². The second-order valence-corrected chi connectivity index (χ2v) is 6.78. The van der Waals surface area contributed by atoms with Gasteiger partial charge >= 0.3 is 5.97 Å². The molecule has 3 nitrogen and oxygen atoms in total. The minimum atomic E-state index is -0.575. The van der Waals surface area contributed by atoms with Crippen LogP contribution < -0.4 is 4.74 Å². The fourth-order valence-electron chi connectivity index (χ4n) is 3.85. The van der Waals surface area contributed by atoms with Crippen molar-refractivity contribution in [3.63, 3.8) is 0 Å². The van der Waals surface area contributed by atoms with E-state index in [4.69, 9.17) is 4.74 Å². The number of hydrogen-bond donors (Lipinski definition) is 0. The van der Waals surface area contributed by atoms with Gasteiger partial charge in [-0.3, -0.25) is 4.79 Å². The van der Waals surface area contributed by atoms with Crippen LogP contribution in [-0.4, -0.2) is 24.5 Å². The molecule has 0 N–H and O–H groups in total. The van der Waals surface area contributed by atoms with Gasteiger partial charge in [-0.2, -0.15) is 0 Å². The fourth-order valence-corrected chi connectivity index (χ4v) is 3.85. The number of ether oxygens (including phenoxy) is 1. The van der Waals surface area contributed by atoms with E-state index in [1.807, 2.05) is 25.4 Å². The van der Waals surface area contributed by atoms with Gasteiger partial charge in [-0.1, -0.05) is 37.3 Å². The van der Waals surface area contributed by atoms with Crippen LogP contribution in [0.25, 0.3) is 0 Å². The molecule has 1 heterocycles. The number of rotatable bonds is 4. The number of likely N-dealkylation sites (N-methyl/N-ethyl adjacent to an activating group) is 1. The number of nitrogens with zero attached hydrogens (tertiary/aromatic N) is 1. The van der Waals surface area contributed by atoms with E-state index >= 15 is 0 Å². The molecule has 1 aromatic rings. The van der Waals surface area contributed by atoms with Crippen molar-refractivity contribution < 1.29 is 13.9 Å². The molecule has 0 aromatic heterocycles. The summed E-state index contributed by atoms with van der Waals surface area (Å²) >= 11 is 0. The molecule has 0 amide bonds. The molecule has 0 spiro atoms. The van der Waals surface area contributed by atoms with E-state index in [1.165, 1.54) is 19.1 Å². The third-order valence-corrected chi connectivity index (χ3v) is 5.06. The maximum atomic E-state index is 14.2. The Morgan fingerprint density at radius 2 is 2.15 bits per heavy atom. The number of hydrogen-bond acceptors (Lipinski definition) is 3. The summed E-state index contributed by atoms with van der Waals surface area (Å²) in [5.41, 5.74) is 1.19. The molecule has 0 saturated heterocycles. The first-order valence-corrected chi connectivity index (χ1v) is 8.91. The largest absolute Gasteiger partial charge is 0.426 e. The summed E-state index contributed by atoms with van der Waals surface area (Å²) in [6.07, 6.45) is 15.4. The van der Waals surface area contributed by atoms with Crippen molar-refractivity contribution in [2.45, 2.75) is 25.7 Å². The zero-order valence-corrected chi connectivity index (χ0v) is 17.5. The summed E-state index contributed by atoms with van der Waals surface area (Å²) < 4.78 is 19.7. The topological polar surface area (TPSA) is 29.5 Å². The molecule has 5 heteroatoms. The second-order valence-electron chi connectivity index (χ2n) is 6.78. The van der Waals surface area contributed by atoms with Gasteiger partial charge in [0, 0.05) is 31.5 Å². The van der Waals surface area contributed by atoms with Gasteiger partial charge in [-0.25, -0.2) is 4.39 Å². The molecule has 3 rings (SSSR count). The number of carbonyl (C=O) groups is 1. The second kappa shape index (κ2) is 8.70. The van der Waals surface area contributed by atoms with E-state index in [9.17, 15) is 9.18 Å². The van der Waals surface area contributed by atoms with Crippen LogP contribution in [-0.2, 0) is 10.2 Å². The number of carbonyl (C=O) groups excluding carboxylic acids is 1. The van der Waals surface area contributed by atoms with Crippen molar-refractivity contribution in [1.29, 1.82) is 0 Å². The lowest BCUT2D eigenvalue weighted by Gasteiger charge is -2.42. The van der Waals surface area contributed by atoms with Gasteiger partial charge < -0.3 is 9.64 Å². The van der Waals surface area contributed by atoms with E-state index in [0.29, 0.717) is 11.3 Å². The normalized spacial score (nSPS) is 23.6. The summed E-state index contributed by atoms with van der Waals surface area (Å²) in [6, 6.07) is 4.38. The van der Waals surface area contributed by atoms with Gasteiger partial charge in [0.2, 0.25) is 0 Å². The van der Waals surface area contributed by atoms with E-state index in [2.05, 4.69) is 36.1 Å². The molecule has 0 saturated carbocycles. The minimum Gasteiger partial charge on any atom is -0.426 e. The monoisotopic (exact) mass is 433 g/mol. The number of allylic oxidation sites excluding steroid dienone is 6. The van der Waals surface area contributed by atoms with Crippen molar-refractivity contribution in [1.82, 2.24) is 4.90 Å². The summed E-state index contributed by atoms with van der Waals surface area (Å²) in [7, 11) is 2.01. The molecule has 2 atom stereocenters. The Morgan fingerprint density at radius 3 is 2.78 bits per heavy atom. The van der Waals surface area contributed by atoms with Crippen molar-refractivity contribution >= 4 is 23.0 Å². The summed E-state index contributed by atoms with van der Waals surface area (Å²) in [6.45, 7) is 4.26. The highest BCUT2D eigenvalue weighted by molar-refractivity contribution is 8.93. The van der Waals surface area contributed by atoms with Crippen molar-refractivity contribution in [3.8, 4) is 5.75 Å². The third kappa shape index (κ3) is 4.08. The smallest absolute Gasteiger partial charge is 0.308 e. The Labute approximate surface area is 170 Å². The van der Waals surface area contributed by atoms with Gasteiger partial charge in [0.1, 0.15) is 11.6 Å². The third-order valence-electron chi connectivity index (χ3n) is 5.06. The number of halogens is 2. The zero-order chi connectivity index (χ0) is 18.7. The molecule has 0 bridgehead atoms. The van der Waals surface area contributed by atoms with Gasteiger partial charge in [0.15, 0.2) is 0 Å². The minimum absolute atomic E-state index is 0. The van der Waals surface area contributed by atoms with E-state index < -0.39 is 11.4 Å². The van der Waals surface area contributed by atoms with Crippen LogP contribution in [0.5, 0.6) is 5.75 Å². The van der Waals surface area contributed by atoms with Crippen LogP contribution in [0.15, 0.2) is 66.4 Å². The summed E-state index contributed by atoms with van der Waals surface area (Å²) in [5.74, 6) is -0.219. The van der Waals surface area contributed by atoms with E-state index in [1.54, 1.807) is 6.07 Å². The molecular weight excluding hydrogens is 409 g/mol.